The summed E-state index contributed by atoms with van der Waals surface area (Å²) in [5.74, 6) is -0.244. The first-order valence-electron chi connectivity index (χ1n) is 6.25. The molecule has 0 spiro atoms. The number of aromatic amines is 1. The van der Waals surface area contributed by atoms with Gasteiger partial charge in [0, 0.05) is 18.7 Å². The number of nitrogens with zero attached hydrogens (tertiary/aromatic N) is 2. The Hall–Kier alpha value is -2.44. The Labute approximate surface area is 115 Å². The summed E-state index contributed by atoms with van der Waals surface area (Å²) >= 11 is 0. The molecule has 0 aliphatic heterocycles. The van der Waals surface area contributed by atoms with Gasteiger partial charge in [-0.3, -0.25) is 9.59 Å². The Balaban J connectivity index is 2.33. The standard InChI is InChI=1S/C13H15N3O4/c1-3-19-12(18)7-9(13-16-15-8(2)20-13)10-5-4-6-11(17)14-10/h4-6,9H,3,7H2,1-2H3,(H,14,17). The molecule has 7 nitrogen and oxygen atoms in total. The predicted molar refractivity (Wildman–Crippen MR) is 69.2 cm³/mol. The maximum atomic E-state index is 11.7. The molecule has 0 aliphatic rings. The van der Waals surface area contributed by atoms with Crippen molar-refractivity contribution >= 4 is 5.97 Å². The van der Waals surface area contributed by atoms with Crippen molar-refractivity contribution in [1.29, 1.82) is 0 Å². The van der Waals surface area contributed by atoms with Crippen molar-refractivity contribution in [2.24, 2.45) is 0 Å². The fraction of sp³-hybridized carbons (Fsp3) is 0.385. The second-order valence-electron chi connectivity index (χ2n) is 4.19. The summed E-state index contributed by atoms with van der Waals surface area (Å²) in [6, 6.07) is 4.70. The minimum absolute atomic E-state index is 0.0232. The van der Waals surface area contributed by atoms with Crippen LogP contribution in [0.1, 0.15) is 36.7 Å². The summed E-state index contributed by atoms with van der Waals surface area (Å²) < 4.78 is 10.3. The van der Waals surface area contributed by atoms with E-state index in [0.29, 0.717) is 18.2 Å². The van der Waals surface area contributed by atoms with Gasteiger partial charge in [0.05, 0.1) is 18.9 Å². The highest BCUT2D eigenvalue weighted by Gasteiger charge is 2.25. The van der Waals surface area contributed by atoms with Gasteiger partial charge >= 0.3 is 5.97 Å². The van der Waals surface area contributed by atoms with E-state index in [1.165, 1.54) is 6.07 Å². The fourth-order valence-electron chi connectivity index (χ4n) is 1.84. The summed E-state index contributed by atoms with van der Waals surface area (Å²) in [4.78, 5) is 25.8. The van der Waals surface area contributed by atoms with Crippen LogP contribution in [0.15, 0.2) is 27.4 Å². The van der Waals surface area contributed by atoms with E-state index in [0.717, 1.165) is 0 Å². The van der Waals surface area contributed by atoms with Crippen molar-refractivity contribution in [3.8, 4) is 0 Å². The van der Waals surface area contributed by atoms with Crippen LogP contribution in [-0.4, -0.2) is 27.8 Å². The monoisotopic (exact) mass is 277 g/mol. The number of hydrogen-bond acceptors (Lipinski definition) is 6. The van der Waals surface area contributed by atoms with E-state index in [4.69, 9.17) is 9.15 Å². The highest BCUT2D eigenvalue weighted by molar-refractivity contribution is 5.70. The van der Waals surface area contributed by atoms with Crippen LogP contribution in [0, 0.1) is 6.92 Å². The molecule has 0 aliphatic carbocycles. The van der Waals surface area contributed by atoms with Gasteiger partial charge in [-0.2, -0.15) is 0 Å². The highest BCUT2D eigenvalue weighted by Crippen LogP contribution is 2.25. The van der Waals surface area contributed by atoms with Crippen LogP contribution in [0.5, 0.6) is 0 Å². The molecular formula is C13H15N3O4. The van der Waals surface area contributed by atoms with Gasteiger partial charge < -0.3 is 14.1 Å². The molecule has 0 saturated carbocycles. The highest BCUT2D eigenvalue weighted by atomic mass is 16.5. The van der Waals surface area contributed by atoms with Gasteiger partial charge in [-0.25, -0.2) is 0 Å². The Morgan fingerprint density at radius 1 is 1.45 bits per heavy atom. The molecule has 1 unspecified atom stereocenters. The number of nitrogens with one attached hydrogen (secondary N) is 1. The molecular weight excluding hydrogens is 262 g/mol. The molecule has 2 aromatic rings. The Kier molecular flexibility index (Phi) is 4.29. The molecule has 2 heterocycles. The van der Waals surface area contributed by atoms with Gasteiger partial charge in [-0.05, 0) is 13.0 Å². The molecule has 0 radical (unpaired) electrons. The van der Waals surface area contributed by atoms with Gasteiger partial charge in [0.2, 0.25) is 17.3 Å². The number of aryl methyl sites for hydroxylation is 1. The van der Waals surface area contributed by atoms with Crippen LogP contribution in [-0.2, 0) is 9.53 Å². The smallest absolute Gasteiger partial charge is 0.306 e. The largest absolute Gasteiger partial charge is 0.466 e. The van der Waals surface area contributed by atoms with Crippen molar-refractivity contribution < 1.29 is 13.9 Å². The van der Waals surface area contributed by atoms with Gasteiger partial charge in [0.25, 0.3) is 0 Å². The van der Waals surface area contributed by atoms with Gasteiger partial charge in [-0.1, -0.05) is 6.07 Å². The molecule has 1 atom stereocenters. The zero-order valence-corrected chi connectivity index (χ0v) is 11.3. The van der Waals surface area contributed by atoms with E-state index < -0.39 is 11.9 Å². The molecule has 1 N–H and O–H groups in total. The van der Waals surface area contributed by atoms with Gasteiger partial charge in [0.15, 0.2) is 0 Å². The Bertz CT molecular complexity index is 647. The molecule has 20 heavy (non-hydrogen) atoms. The summed E-state index contributed by atoms with van der Waals surface area (Å²) in [7, 11) is 0. The number of H-pyrrole nitrogens is 1. The topological polar surface area (TPSA) is 98.1 Å². The molecule has 0 aromatic carbocycles. The lowest BCUT2D eigenvalue weighted by atomic mass is 10.0. The van der Waals surface area contributed by atoms with Gasteiger partial charge in [0.1, 0.15) is 0 Å². The lowest BCUT2D eigenvalue weighted by Gasteiger charge is -2.12. The summed E-state index contributed by atoms with van der Waals surface area (Å²) in [6.07, 6.45) is 0.0232. The zero-order chi connectivity index (χ0) is 14.5. The summed E-state index contributed by atoms with van der Waals surface area (Å²) in [5, 5.41) is 7.67. The lowest BCUT2D eigenvalue weighted by Crippen LogP contribution is -2.16. The predicted octanol–water partition coefficient (Wildman–Crippen LogP) is 1.15. The van der Waals surface area contributed by atoms with E-state index in [9.17, 15) is 9.59 Å². The molecule has 0 amide bonds. The molecule has 0 fully saturated rings. The minimum atomic E-state index is -0.524. The van der Waals surface area contributed by atoms with E-state index in [1.807, 2.05) is 0 Å². The third-order valence-corrected chi connectivity index (χ3v) is 2.68. The van der Waals surface area contributed by atoms with Crippen LogP contribution >= 0.6 is 0 Å². The minimum Gasteiger partial charge on any atom is -0.466 e. The second-order valence-corrected chi connectivity index (χ2v) is 4.19. The first-order valence-corrected chi connectivity index (χ1v) is 6.25. The normalized spacial score (nSPS) is 12.1. The third kappa shape index (κ3) is 3.31. The number of carbonyl (C=O) groups is 1. The summed E-state index contributed by atoms with van der Waals surface area (Å²) in [6.45, 7) is 3.68. The quantitative estimate of drug-likeness (QED) is 0.823. The van der Waals surface area contributed by atoms with Crippen molar-refractivity contribution in [3.05, 3.63) is 46.0 Å². The van der Waals surface area contributed by atoms with Gasteiger partial charge in [-0.15, -0.1) is 10.2 Å². The third-order valence-electron chi connectivity index (χ3n) is 2.68. The lowest BCUT2D eigenvalue weighted by molar-refractivity contribution is -0.143. The maximum Gasteiger partial charge on any atom is 0.306 e. The van der Waals surface area contributed by atoms with E-state index >= 15 is 0 Å². The van der Waals surface area contributed by atoms with Crippen molar-refractivity contribution in [2.75, 3.05) is 6.61 Å². The first kappa shape index (κ1) is 14.0. The number of hydrogen-bond donors (Lipinski definition) is 1. The van der Waals surface area contributed by atoms with Crippen LogP contribution in [0.25, 0.3) is 0 Å². The fourth-order valence-corrected chi connectivity index (χ4v) is 1.84. The average Bonchev–Trinajstić information content (AvgIpc) is 2.83. The number of aromatic nitrogens is 3. The number of pyridine rings is 1. The molecule has 0 bridgehead atoms. The molecule has 2 rings (SSSR count). The number of carbonyl (C=O) groups excluding carboxylic acids is 1. The van der Waals surface area contributed by atoms with Crippen LogP contribution in [0.4, 0.5) is 0 Å². The Morgan fingerprint density at radius 3 is 2.85 bits per heavy atom. The SMILES string of the molecule is CCOC(=O)CC(c1cccc(=O)[nH]1)c1nnc(C)o1. The van der Waals surface area contributed by atoms with Crippen LogP contribution < -0.4 is 5.56 Å². The van der Waals surface area contributed by atoms with E-state index in [2.05, 4.69) is 15.2 Å². The molecule has 0 saturated heterocycles. The first-order chi connectivity index (χ1) is 9.60. The molecule has 7 heteroatoms. The van der Waals surface area contributed by atoms with Crippen LogP contribution in [0.2, 0.25) is 0 Å². The second kappa shape index (κ2) is 6.14. The molecule has 2 aromatic heterocycles. The molecule has 106 valence electrons. The van der Waals surface area contributed by atoms with E-state index in [1.54, 1.807) is 26.0 Å². The number of rotatable bonds is 5. The average molecular weight is 277 g/mol. The van der Waals surface area contributed by atoms with E-state index in [-0.39, 0.29) is 17.9 Å². The number of ether oxygens (including phenoxy) is 1. The number of esters is 1. The van der Waals surface area contributed by atoms with Crippen molar-refractivity contribution in [2.45, 2.75) is 26.2 Å². The van der Waals surface area contributed by atoms with Crippen molar-refractivity contribution in [1.82, 2.24) is 15.2 Å². The summed E-state index contributed by atoms with van der Waals surface area (Å²) in [5.41, 5.74) is 0.279. The maximum absolute atomic E-state index is 11.7. The van der Waals surface area contributed by atoms with Crippen LogP contribution in [0.3, 0.4) is 0 Å². The Morgan fingerprint density at radius 2 is 2.25 bits per heavy atom. The van der Waals surface area contributed by atoms with Crippen molar-refractivity contribution in [3.63, 3.8) is 0 Å². The zero-order valence-electron chi connectivity index (χ0n) is 11.3.